The molecular formula is C14H11Cl3N2O. The lowest BCUT2D eigenvalue weighted by Gasteiger charge is -2.30. The van der Waals surface area contributed by atoms with E-state index in [-0.39, 0.29) is 18.0 Å². The average molecular weight is 330 g/mol. The van der Waals surface area contributed by atoms with Crippen LogP contribution in [0, 0.1) is 11.3 Å². The summed E-state index contributed by atoms with van der Waals surface area (Å²) in [6, 6.07) is 8.99. The van der Waals surface area contributed by atoms with Gasteiger partial charge in [0.2, 0.25) is 5.90 Å². The lowest BCUT2D eigenvalue weighted by Crippen LogP contribution is -2.31. The SMILES string of the molecule is C=CC1CC(c2ccc(C#N)cc2)OC(C(Cl)(Cl)Cl)=N1. The van der Waals surface area contributed by atoms with Crippen molar-refractivity contribution in [2.45, 2.75) is 22.4 Å². The Kier molecular flexibility index (Phi) is 4.59. The van der Waals surface area contributed by atoms with Crippen molar-refractivity contribution in [2.24, 2.45) is 4.99 Å². The number of hydrogen-bond donors (Lipinski definition) is 0. The molecule has 0 saturated carbocycles. The first-order valence-corrected chi connectivity index (χ1v) is 7.01. The molecule has 1 heterocycles. The van der Waals surface area contributed by atoms with Crippen LogP contribution in [-0.4, -0.2) is 15.7 Å². The third kappa shape index (κ3) is 3.46. The lowest BCUT2D eigenvalue weighted by atomic mass is 10.00. The predicted molar refractivity (Wildman–Crippen MR) is 81.3 cm³/mol. The lowest BCUT2D eigenvalue weighted by molar-refractivity contribution is 0.155. The Bertz CT molecular complexity index is 570. The minimum atomic E-state index is -1.70. The minimum absolute atomic E-state index is 0.0630. The Morgan fingerprint density at radius 3 is 2.50 bits per heavy atom. The molecule has 104 valence electrons. The highest BCUT2D eigenvalue weighted by atomic mass is 35.6. The third-order valence-corrected chi connectivity index (χ3v) is 3.40. The molecule has 20 heavy (non-hydrogen) atoms. The molecule has 0 saturated heterocycles. The topological polar surface area (TPSA) is 45.4 Å². The molecule has 3 nitrogen and oxygen atoms in total. The van der Waals surface area contributed by atoms with E-state index in [2.05, 4.69) is 17.6 Å². The average Bonchev–Trinajstić information content (AvgIpc) is 2.46. The normalized spacial score (nSPS) is 22.4. The monoisotopic (exact) mass is 328 g/mol. The van der Waals surface area contributed by atoms with Crippen molar-refractivity contribution in [3.8, 4) is 6.07 Å². The van der Waals surface area contributed by atoms with Crippen LogP contribution < -0.4 is 0 Å². The molecule has 1 aromatic carbocycles. The van der Waals surface area contributed by atoms with Gasteiger partial charge in [-0.25, -0.2) is 4.99 Å². The van der Waals surface area contributed by atoms with Crippen LogP contribution in [0.2, 0.25) is 0 Å². The summed E-state index contributed by atoms with van der Waals surface area (Å²) in [5, 5.41) is 8.80. The summed E-state index contributed by atoms with van der Waals surface area (Å²) in [6.07, 6.45) is 2.02. The molecule has 0 radical (unpaired) electrons. The van der Waals surface area contributed by atoms with Crippen LogP contribution in [0.25, 0.3) is 0 Å². The molecule has 2 unspecified atom stereocenters. The molecule has 0 N–H and O–H groups in total. The molecule has 0 fully saturated rings. The van der Waals surface area contributed by atoms with Gasteiger partial charge in [-0.3, -0.25) is 0 Å². The van der Waals surface area contributed by atoms with Gasteiger partial charge in [-0.15, -0.1) is 6.58 Å². The Labute approximate surface area is 132 Å². The highest BCUT2D eigenvalue weighted by molar-refractivity contribution is 6.76. The van der Waals surface area contributed by atoms with Crippen molar-refractivity contribution in [3.05, 3.63) is 48.0 Å². The Morgan fingerprint density at radius 2 is 2.00 bits per heavy atom. The molecule has 0 aromatic heterocycles. The van der Waals surface area contributed by atoms with Crippen LogP contribution in [-0.2, 0) is 4.74 Å². The summed E-state index contributed by atoms with van der Waals surface area (Å²) in [5.74, 6) is 0.0630. The van der Waals surface area contributed by atoms with Gasteiger partial charge in [0.05, 0.1) is 17.7 Å². The van der Waals surface area contributed by atoms with Crippen molar-refractivity contribution in [3.63, 3.8) is 0 Å². The van der Waals surface area contributed by atoms with Crippen molar-refractivity contribution in [1.29, 1.82) is 5.26 Å². The molecule has 0 aliphatic carbocycles. The highest BCUT2D eigenvalue weighted by Gasteiger charge is 2.36. The maximum atomic E-state index is 8.80. The van der Waals surface area contributed by atoms with E-state index in [1.165, 1.54) is 0 Å². The summed E-state index contributed by atoms with van der Waals surface area (Å²) in [5.41, 5.74) is 1.48. The first-order chi connectivity index (χ1) is 9.44. The van der Waals surface area contributed by atoms with E-state index in [9.17, 15) is 0 Å². The molecule has 1 aromatic rings. The Balaban J connectivity index is 2.27. The predicted octanol–water partition coefficient (Wildman–Crippen LogP) is 4.34. The second kappa shape index (κ2) is 6.05. The Morgan fingerprint density at radius 1 is 1.35 bits per heavy atom. The number of aliphatic imine (C=N–C) groups is 1. The minimum Gasteiger partial charge on any atom is -0.470 e. The quantitative estimate of drug-likeness (QED) is 0.598. The van der Waals surface area contributed by atoms with Gasteiger partial charge in [-0.2, -0.15) is 5.26 Å². The van der Waals surface area contributed by atoms with Crippen molar-refractivity contribution < 1.29 is 4.74 Å². The zero-order valence-electron chi connectivity index (χ0n) is 10.4. The smallest absolute Gasteiger partial charge is 0.266 e. The van der Waals surface area contributed by atoms with Crippen LogP contribution >= 0.6 is 34.8 Å². The van der Waals surface area contributed by atoms with Crippen molar-refractivity contribution in [2.75, 3.05) is 0 Å². The highest BCUT2D eigenvalue weighted by Crippen LogP contribution is 2.37. The maximum absolute atomic E-state index is 8.80. The number of halogens is 3. The molecular weight excluding hydrogens is 319 g/mol. The first-order valence-electron chi connectivity index (χ1n) is 5.88. The molecule has 0 bridgehead atoms. The maximum Gasteiger partial charge on any atom is 0.266 e. The fourth-order valence-electron chi connectivity index (χ4n) is 1.90. The molecule has 1 aliphatic heterocycles. The van der Waals surface area contributed by atoms with E-state index < -0.39 is 3.79 Å². The summed E-state index contributed by atoms with van der Waals surface area (Å²) in [4.78, 5) is 4.21. The fourth-order valence-corrected chi connectivity index (χ4v) is 2.18. The van der Waals surface area contributed by atoms with E-state index in [4.69, 9.17) is 44.8 Å². The van der Waals surface area contributed by atoms with Gasteiger partial charge in [0.15, 0.2) is 0 Å². The molecule has 0 spiro atoms. The second-order valence-corrected chi connectivity index (χ2v) is 6.59. The number of benzene rings is 1. The van der Waals surface area contributed by atoms with Crippen LogP contribution in [0.1, 0.15) is 23.7 Å². The molecule has 2 atom stereocenters. The number of nitriles is 1. The molecule has 1 aliphatic rings. The third-order valence-electron chi connectivity index (χ3n) is 2.92. The molecule has 2 rings (SSSR count). The Hall–Kier alpha value is -1.21. The van der Waals surface area contributed by atoms with Gasteiger partial charge in [0.25, 0.3) is 3.79 Å². The number of nitrogens with zero attached hydrogens (tertiary/aromatic N) is 2. The van der Waals surface area contributed by atoms with Gasteiger partial charge in [0, 0.05) is 6.42 Å². The van der Waals surface area contributed by atoms with Crippen molar-refractivity contribution >= 4 is 40.7 Å². The standard InChI is InChI=1S/C14H11Cl3N2O/c1-2-11-7-12(20-13(19-11)14(15,16)17)10-5-3-9(8-18)4-6-10/h2-6,11-12H,1,7H2. The number of alkyl halides is 3. The van der Waals surface area contributed by atoms with Gasteiger partial charge in [-0.1, -0.05) is 53.0 Å². The number of rotatable bonds is 2. The van der Waals surface area contributed by atoms with Crippen LogP contribution in [0.3, 0.4) is 0 Å². The zero-order valence-corrected chi connectivity index (χ0v) is 12.7. The summed E-state index contributed by atoms with van der Waals surface area (Å²) >= 11 is 17.5. The van der Waals surface area contributed by atoms with Gasteiger partial charge >= 0.3 is 0 Å². The zero-order chi connectivity index (χ0) is 14.8. The van der Waals surface area contributed by atoms with Crippen LogP contribution in [0.4, 0.5) is 0 Å². The van der Waals surface area contributed by atoms with Crippen LogP contribution in [0.5, 0.6) is 0 Å². The van der Waals surface area contributed by atoms with Crippen LogP contribution in [0.15, 0.2) is 41.9 Å². The first kappa shape index (κ1) is 15.2. The largest absolute Gasteiger partial charge is 0.470 e. The van der Waals surface area contributed by atoms with E-state index >= 15 is 0 Å². The fraction of sp³-hybridized carbons (Fsp3) is 0.286. The molecule has 0 amide bonds. The summed E-state index contributed by atoms with van der Waals surface area (Å²) in [7, 11) is 0. The van der Waals surface area contributed by atoms with Gasteiger partial charge in [0.1, 0.15) is 6.10 Å². The number of hydrogen-bond acceptors (Lipinski definition) is 3. The number of ether oxygens (including phenoxy) is 1. The van der Waals surface area contributed by atoms with E-state index in [1.54, 1.807) is 18.2 Å². The summed E-state index contributed by atoms with van der Waals surface area (Å²) < 4.78 is 3.96. The van der Waals surface area contributed by atoms with Gasteiger partial charge in [-0.05, 0) is 17.7 Å². The molecule has 6 heteroatoms. The van der Waals surface area contributed by atoms with Crippen molar-refractivity contribution in [1.82, 2.24) is 0 Å². The second-order valence-electron chi connectivity index (χ2n) is 4.31. The summed E-state index contributed by atoms with van der Waals surface area (Å²) in [6.45, 7) is 3.72. The van der Waals surface area contributed by atoms with E-state index in [0.717, 1.165) is 5.56 Å². The van der Waals surface area contributed by atoms with Gasteiger partial charge < -0.3 is 4.74 Å². The van der Waals surface area contributed by atoms with E-state index in [0.29, 0.717) is 12.0 Å². The van der Waals surface area contributed by atoms with E-state index in [1.807, 2.05) is 12.1 Å².